The molecule has 112 valence electrons. The molecule has 4 heteroatoms. The Balaban J connectivity index is 0.00000147. The van der Waals surface area contributed by atoms with Crippen molar-refractivity contribution in [1.82, 2.24) is 0 Å². The summed E-state index contributed by atoms with van der Waals surface area (Å²) in [6, 6.07) is 5.06. The molecule has 0 aromatic heterocycles. The number of aryl methyl sites for hydroxylation is 1. The largest absolute Gasteiger partial charge is 0.389 e. The molecular formula is C16H23ClFNO. The van der Waals surface area contributed by atoms with Gasteiger partial charge in [-0.15, -0.1) is 12.4 Å². The molecule has 1 aromatic rings. The first kappa shape index (κ1) is 15.7. The summed E-state index contributed by atoms with van der Waals surface area (Å²) in [5, 5.41) is 11.1. The standard InChI is InChI=1S/C16H22FNO.ClH/c17-13-4-3-12-5-8-16(19)7-2-1-6-15(16,9-10-18)14(12)11-13;/h3-4,11,19H,1-2,5-10,18H2;1H/t15-,16+;/m0./s1. The maximum Gasteiger partial charge on any atom is 0.123 e. The molecule has 2 atom stereocenters. The summed E-state index contributed by atoms with van der Waals surface area (Å²) in [4.78, 5) is 0. The molecule has 0 heterocycles. The lowest BCUT2D eigenvalue weighted by molar-refractivity contribution is -0.0863. The monoisotopic (exact) mass is 299 g/mol. The average Bonchev–Trinajstić information content (AvgIpc) is 2.40. The maximum atomic E-state index is 13.7. The molecule has 0 aliphatic heterocycles. The van der Waals surface area contributed by atoms with Gasteiger partial charge in [-0.2, -0.15) is 0 Å². The van der Waals surface area contributed by atoms with Gasteiger partial charge in [0.1, 0.15) is 5.82 Å². The maximum absolute atomic E-state index is 13.7. The fourth-order valence-corrected chi connectivity index (χ4v) is 4.36. The van der Waals surface area contributed by atoms with E-state index in [0.717, 1.165) is 50.5 Å². The van der Waals surface area contributed by atoms with Gasteiger partial charge < -0.3 is 10.8 Å². The number of halogens is 2. The number of hydrogen-bond acceptors (Lipinski definition) is 2. The third-order valence-corrected chi connectivity index (χ3v) is 5.30. The molecular weight excluding hydrogens is 277 g/mol. The lowest BCUT2D eigenvalue weighted by Crippen LogP contribution is -2.57. The molecule has 0 unspecified atom stereocenters. The summed E-state index contributed by atoms with van der Waals surface area (Å²) in [6.45, 7) is 0.540. The van der Waals surface area contributed by atoms with Gasteiger partial charge in [0.2, 0.25) is 0 Å². The number of benzene rings is 1. The van der Waals surface area contributed by atoms with E-state index in [1.54, 1.807) is 6.07 Å². The first-order valence-electron chi connectivity index (χ1n) is 7.33. The van der Waals surface area contributed by atoms with E-state index >= 15 is 0 Å². The molecule has 0 saturated heterocycles. The highest BCUT2D eigenvalue weighted by molar-refractivity contribution is 5.85. The minimum atomic E-state index is -0.689. The Hall–Kier alpha value is -0.640. The fourth-order valence-electron chi connectivity index (χ4n) is 4.36. The molecule has 20 heavy (non-hydrogen) atoms. The van der Waals surface area contributed by atoms with Crippen LogP contribution in [0.25, 0.3) is 0 Å². The minimum absolute atomic E-state index is 0. The van der Waals surface area contributed by atoms with Crippen LogP contribution in [0.1, 0.15) is 49.7 Å². The molecule has 0 amide bonds. The summed E-state index contributed by atoms with van der Waals surface area (Å²) in [7, 11) is 0. The van der Waals surface area contributed by atoms with E-state index in [1.165, 1.54) is 11.6 Å². The van der Waals surface area contributed by atoms with E-state index in [2.05, 4.69) is 0 Å². The van der Waals surface area contributed by atoms with Gasteiger partial charge in [-0.1, -0.05) is 18.9 Å². The van der Waals surface area contributed by atoms with Gasteiger partial charge in [-0.05, 0) is 61.9 Å². The van der Waals surface area contributed by atoms with Gasteiger partial charge in [0, 0.05) is 5.41 Å². The quantitative estimate of drug-likeness (QED) is 0.881. The van der Waals surface area contributed by atoms with E-state index < -0.39 is 5.60 Å². The molecule has 2 aliphatic rings. The van der Waals surface area contributed by atoms with Gasteiger partial charge >= 0.3 is 0 Å². The first-order valence-corrected chi connectivity index (χ1v) is 7.33. The topological polar surface area (TPSA) is 46.2 Å². The van der Waals surface area contributed by atoms with Gasteiger partial charge in [0.25, 0.3) is 0 Å². The molecule has 2 aliphatic carbocycles. The highest BCUT2D eigenvalue weighted by atomic mass is 35.5. The van der Waals surface area contributed by atoms with Crippen molar-refractivity contribution in [3.8, 4) is 0 Å². The van der Waals surface area contributed by atoms with Crippen LogP contribution in [0.15, 0.2) is 18.2 Å². The van der Waals surface area contributed by atoms with Crippen molar-refractivity contribution in [3.05, 3.63) is 35.1 Å². The number of fused-ring (bicyclic) bond motifs is 3. The van der Waals surface area contributed by atoms with Crippen LogP contribution in [0.5, 0.6) is 0 Å². The zero-order chi connectivity index (χ0) is 13.5. The molecule has 3 N–H and O–H groups in total. The second kappa shape index (κ2) is 5.63. The normalized spacial score (nSPS) is 31.9. The molecule has 0 bridgehead atoms. The SMILES string of the molecule is Cl.NCC[C@]12CCCC[C@@]1(O)CCc1ccc(F)cc12. The van der Waals surface area contributed by atoms with E-state index in [9.17, 15) is 9.50 Å². The Labute approximate surface area is 126 Å². The zero-order valence-electron chi connectivity index (χ0n) is 11.7. The lowest BCUT2D eigenvalue weighted by Gasteiger charge is -2.54. The van der Waals surface area contributed by atoms with Crippen LogP contribution in [-0.4, -0.2) is 17.3 Å². The van der Waals surface area contributed by atoms with E-state index in [1.807, 2.05) is 6.07 Å². The summed E-state index contributed by atoms with van der Waals surface area (Å²) in [5.41, 5.74) is 7.01. The number of aliphatic hydroxyl groups is 1. The zero-order valence-corrected chi connectivity index (χ0v) is 12.5. The lowest BCUT2D eigenvalue weighted by atomic mass is 9.53. The van der Waals surface area contributed by atoms with Crippen molar-refractivity contribution < 1.29 is 9.50 Å². The average molecular weight is 300 g/mol. The van der Waals surface area contributed by atoms with Crippen molar-refractivity contribution in [2.75, 3.05) is 6.54 Å². The van der Waals surface area contributed by atoms with Gasteiger partial charge in [-0.3, -0.25) is 0 Å². The smallest absolute Gasteiger partial charge is 0.123 e. The number of nitrogens with two attached hydrogens (primary N) is 1. The minimum Gasteiger partial charge on any atom is -0.389 e. The second-order valence-corrected chi connectivity index (χ2v) is 6.16. The fraction of sp³-hybridized carbons (Fsp3) is 0.625. The molecule has 0 radical (unpaired) electrons. The van der Waals surface area contributed by atoms with Crippen LogP contribution in [0.4, 0.5) is 4.39 Å². The van der Waals surface area contributed by atoms with Crippen LogP contribution >= 0.6 is 12.4 Å². The van der Waals surface area contributed by atoms with Crippen LogP contribution in [-0.2, 0) is 11.8 Å². The Morgan fingerprint density at radius 1 is 1.20 bits per heavy atom. The summed E-state index contributed by atoms with van der Waals surface area (Å²) < 4.78 is 13.7. The van der Waals surface area contributed by atoms with Crippen molar-refractivity contribution >= 4 is 12.4 Å². The van der Waals surface area contributed by atoms with E-state index in [-0.39, 0.29) is 23.6 Å². The van der Waals surface area contributed by atoms with Gasteiger partial charge in [0.05, 0.1) is 5.60 Å². The summed E-state index contributed by atoms with van der Waals surface area (Å²) >= 11 is 0. The Morgan fingerprint density at radius 3 is 2.70 bits per heavy atom. The Kier molecular flexibility index (Phi) is 4.43. The predicted octanol–water partition coefficient (Wildman–Crippen LogP) is 3.09. The number of rotatable bonds is 2. The van der Waals surface area contributed by atoms with E-state index in [4.69, 9.17) is 5.73 Å². The van der Waals surface area contributed by atoms with Gasteiger partial charge in [0.15, 0.2) is 0 Å². The van der Waals surface area contributed by atoms with Crippen molar-refractivity contribution in [2.24, 2.45) is 5.73 Å². The molecule has 3 rings (SSSR count). The Bertz CT molecular complexity index is 491. The van der Waals surface area contributed by atoms with Crippen molar-refractivity contribution in [2.45, 2.75) is 56.0 Å². The Morgan fingerprint density at radius 2 is 1.95 bits per heavy atom. The van der Waals surface area contributed by atoms with Crippen molar-refractivity contribution in [3.63, 3.8) is 0 Å². The highest BCUT2D eigenvalue weighted by Gasteiger charge is 2.54. The van der Waals surface area contributed by atoms with Crippen LogP contribution in [0.3, 0.4) is 0 Å². The third kappa shape index (κ3) is 2.16. The molecule has 0 spiro atoms. The third-order valence-electron chi connectivity index (χ3n) is 5.30. The van der Waals surface area contributed by atoms with Crippen LogP contribution in [0.2, 0.25) is 0 Å². The number of hydrogen-bond donors (Lipinski definition) is 2. The summed E-state index contributed by atoms with van der Waals surface area (Å²) in [6.07, 6.45) is 6.29. The van der Waals surface area contributed by atoms with Crippen molar-refractivity contribution in [1.29, 1.82) is 0 Å². The summed E-state index contributed by atoms with van der Waals surface area (Å²) in [5.74, 6) is -0.204. The molecule has 1 fully saturated rings. The van der Waals surface area contributed by atoms with Crippen LogP contribution in [0, 0.1) is 5.82 Å². The molecule has 1 saturated carbocycles. The van der Waals surface area contributed by atoms with Crippen LogP contribution < -0.4 is 5.73 Å². The van der Waals surface area contributed by atoms with E-state index in [0.29, 0.717) is 6.54 Å². The van der Waals surface area contributed by atoms with Gasteiger partial charge in [-0.25, -0.2) is 4.39 Å². The highest BCUT2D eigenvalue weighted by Crippen LogP contribution is 2.54. The molecule has 1 aromatic carbocycles. The molecule has 2 nitrogen and oxygen atoms in total. The second-order valence-electron chi connectivity index (χ2n) is 6.16. The first-order chi connectivity index (χ1) is 9.11. The predicted molar refractivity (Wildman–Crippen MR) is 80.7 cm³/mol.